The summed E-state index contributed by atoms with van der Waals surface area (Å²) in [5.74, 6) is 9.59. The quantitative estimate of drug-likeness (QED) is 0.0978. The summed E-state index contributed by atoms with van der Waals surface area (Å²) < 4.78 is 12.7. The van der Waals surface area contributed by atoms with Crippen molar-refractivity contribution < 1.29 is 34.5 Å². The van der Waals surface area contributed by atoms with Gasteiger partial charge in [-0.3, -0.25) is 14.7 Å². The minimum atomic E-state index is -1.06. The van der Waals surface area contributed by atoms with Crippen LogP contribution < -0.4 is 25.8 Å². The van der Waals surface area contributed by atoms with E-state index in [1.165, 1.54) is 0 Å². The first-order valence-corrected chi connectivity index (χ1v) is 19.1. The SMILES string of the molecule is CCCCC[C@H](C(=O)CCc1ccc2c(c1)O[C@@H]1[C@H](C#C[C@@H](O)c3ccc(C(N)N)cc3CC3=C4C[NH+]1C=C4N=C3)CC#CO2)[C@H](O)C[C@H](O)CCC. The second-order valence-electron chi connectivity index (χ2n) is 14.7. The number of unbranched alkanes of at least 4 members (excludes halogenated alkanes) is 2. The number of Topliss-reactive ketones (excluding diaryl/α,β-unsaturated/α-hetero) is 1. The maximum atomic E-state index is 13.6. The Bertz CT molecular complexity index is 1880. The molecule has 6 rings (SSSR count). The highest BCUT2D eigenvalue weighted by molar-refractivity contribution is 5.87. The zero-order valence-corrected chi connectivity index (χ0v) is 30.8. The van der Waals surface area contributed by atoms with E-state index in [9.17, 15) is 20.1 Å². The van der Waals surface area contributed by atoms with Crippen molar-refractivity contribution in [3.63, 3.8) is 0 Å². The standard InChI is InChI=1S/C43H52N4O6/c1-3-5-6-10-34(39(51)23-32(48)8-4-2)38(50)16-11-27-12-18-40-41(20-27)53-43-28(9-7-19-52-40)14-17-37(49)33-15-13-29(42(44)45)21-30(33)22-31-24-46-36-26-47(43)25-35(31)36/h12-13,15,18,20-21,24,26,28,32,34,37,39,42-43,48-49,51H,3-6,8-11,16,22-23,25,44-45H2,1-2H3/p+1/t28-,32+,34+,37+,39+,43+/m0/s1. The molecule has 4 heterocycles. The van der Waals surface area contributed by atoms with Crippen LogP contribution in [0.3, 0.4) is 0 Å². The highest BCUT2D eigenvalue weighted by Gasteiger charge is 2.40. The Morgan fingerprint density at radius 3 is 2.70 bits per heavy atom. The van der Waals surface area contributed by atoms with Gasteiger partial charge in [0.1, 0.15) is 42.4 Å². The number of quaternary nitrogens is 1. The van der Waals surface area contributed by atoms with Crippen LogP contribution in [0.2, 0.25) is 0 Å². The van der Waals surface area contributed by atoms with Crippen molar-refractivity contribution in [1.82, 2.24) is 0 Å². The average molecular weight is 722 g/mol. The number of aryl methyl sites for hydroxylation is 1. The van der Waals surface area contributed by atoms with Gasteiger partial charge in [0, 0.05) is 30.5 Å². The Kier molecular flexibility index (Phi) is 12.9. The van der Waals surface area contributed by atoms with Crippen molar-refractivity contribution in [3.8, 4) is 35.4 Å². The van der Waals surface area contributed by atoms with Crippen molar-refractivity contribution in [1.29, 1.82) is 0 Å². The van der Waals surface area contributed by atoms with Crippen molar-refractivity contribution >= 4 is 12.0 Å². The molecule has 0 saturated heterocycles. The number of carbonyl (C=O) groups excluding carboxylic acids is 1. The fourth-order valence-corrected chi connectivity index (χ4v) is 7.73. The van der Waals surface area contributed by atoms with Gasteiger partial charge in [-0.2, -0.15) is 0 Å². The lowest BCUT2D eigenvalue weighted by atomic mass is 9.85. The van der Waals surface area contributed by atoms with E-state index in [0.29, 0.717) is 55.7 Å². The van der Waals surface area contributed by atoms with Crippen molar-refractivity contribution in [3.05, 3.63) is 81.7 Å². The number of aliphatic hydroxyl groups is 3. The molecule has 2 aromatic rings. The Labute approximate surface area is 313 Å². The number of benzene rings is 2. The number of aliphatic hydroxyl groups excluding tert-OH is 3. The maximum absolute atomic E-state index is 13.6. The summed E-state index contributed by atoms with van der Waals surface area (Å²) in [6.45, 7) is 4.74. The molecule has 1 unspecified atom stereocenters. The van der Waals surface area contributed by atoms with Crippen LogP contribution in [0.15, 0.2) is 64.4 Å². The molecule has 2 aromatic carbocycles. The third-order valence-electron chi connectivity index (χ3n) is 10.7. The van der Waals surface area contributed by atoms with Gasteiger partial charge >= 0.3 is 0 Å². The molecule has 0 saturated carbocycles. The number of nitrogens with zero attached hydrogens (tertiary/aromatic N) is 1. The van der Waals surface area contributed by atoms with Gasteiger partial charge in [0.15, 0.2) is 11.5 Å². The van der Waals surface area contributed by atoms with E-state index in [0.717, 1.165) is 64.1 Å². The van der Waals surface area contributed by atoms with Gasteiger partial charge in [-0.15, -0.1) is 0 Å². The van der Waals surface area contributed by atoms with E-state index in [1.807, 2.05) is 49.5 Å². The summed E-state index contributed by atoms with van der Waals surface area (Å²) >= 11 is 0. The number of allylic oxidation sites excluding steroid dienone is 1. The molecule has 53 heavy (non-hydrogen) atoms. The predicted octanol–water partition coefficient (Wildman–Crippen LogP) is 3.69. The fraction of sp³-hybridized carbons (Fsp3) is 0.488. The molecule has 0 radical (unpaired) electrons. The minimum absolute atomic E-state index is 0.00470. The number of nitrogens with one attached hydrogen (secondary N) is 1. The molecule has 8 N–H and O–H groups in total. The number of hydrogen-bond donors (Lipinski definition) is 6. The monoisotopic (exact) mass is 721 g/mol. The molecule has 4 aliphatic rings. The highest BCUT2D eigenvalue weighted by atomic mass is 16.5. The largest absolute Gasteiger partial charge is 0.437 e. The van der Waals surface area contributed by atoms with Gasteiger partial charge in [-0.05, 0) is 72.1 Å². The Morgan fingerprint density at radius 1 is 1.06 bits per heavy atom. The topological polar surface area (TPSA) is 165 Å². The lowest BCUT2D eigenvalue weighted by Gasteiger charge is -2.28. The number of ether oxygens (including phenoxy) is 2. The molecular weight excluding hydrogens is 668 g/mol. The van der Waals surface area contributed by atoms with E-state index < -0.39 is 42.5 Å². The van der Waals surface area contributed by atoms with Gasteiger partial charge in [-0.25, -0.2) is 0 Å². The third kappa shape index (κ3) is 9.28. The van der Waals surface area contributed by atoms with Crippen molar-refractivity contribution in [2.45, 2.75) is 115 Å². The first kappa shape index (κ1) is 38.5. The van der Waals surface area contributed by atoms with Crippen LogP contribution in [0, 0.1) is 35.7 Å². The zero-order valence-electron chi connectivity index (χ0n) is 30.8. The number of ketones is 1. The number of aliphatic imine (C=N–C) groups is 1. The second-order valence-corrected chi connectivity index (χ2v) is 14.7. The molecule has 10 heteroatoms. The normalized spacial score (nSPS) is 23.0. The fourth-order valence-electron chi connectivity index (χ4n) is 7.73. The van der Waals surface area contributed by atoms with E-state index in [4.69, 9.17) is 25.9 Å². The molecular formula is C43H53N4O6+. The Hall–Kier alpha value is -4.26. The molecule has 0 spiro atoms. The van der Waals surface area contributed by atoms with Gasteiger partial charge in [0.05, 0.1) is 18.4 Å². The van der Waals surface area contributed by atoms with Crippen molar-refractivity contribution in [2.75, 3.05) is 6.54 Å². The van der Waals surface area contributed by atoms with E-state index in [1.54, 1.807) is 0 Å². The van der Waals surface area contributed by atoms with Crippen LogP contribution in [-0.2, 0) is 17.6 Å². The molecule has 0 aromatic heterocycles. The Morgan fingerprint density at radius 2 is 1.91 bits per heavy atom. The zero-order chi connectivity index (χ0) is 37.5. The number of hydrogen-bond acceptors (Lipinski definition) is 9. The summed E-state index contributed by atoms with van der Waals surface area (Å²) in [4.78, 5) is 19.4. The molecule has 7 atom stereocenters. The van der Waals surface area contributed by atoms with Gasteiger partial charge in [-0.1, -0.05) is 81.6 Å². The van der Waals surface area contributed by atoms with Crippen LogP contribution in [-0.4, -0.2) is 52.3 Å². The summed E-state index contributed by atoms with van der Waals surface area (Å²) in [5.41, 5.74) is 18.4. The summed E-state index contributed by atoms with van der Waals surface area (Å²) in [6.07, 6.45) is 9.81. The van der Waals surface area contributed by atoms with Crippen LogP contribution in [0.25, 0.3) is 0 Å². The van der Waals surface area contributed by atoms with Crippen LogP contribution in [0.1, 0.15) is 106 Å². The third-order valence-corrected chi connectivity index (χ3v) is 10.7. The maximum Gasteiger partial charge on any atom is 0.251 e. The first-order valence-electron chi connectivity index (χ1n) is 19.1. The van der Waals surface area contributed by atoms with E-state index >= 15 is 0 Å². The summed E-state index contributed by atoms with van der Waals surface area (Å²) in [5, 5.41) is 32.8. The molecule has 0 amide bonds. The summed E-state index contributed by atoms with van der Waals surface area (Å²) in [6, 6.07) is 11.3. The molecule has 2 bridgehead atoms. The molecule has 0 aliphatic carbocycles. The minimum Gasteiger partial charge on any atom is -0.437 e. The van der Waals surface area contributed by atoms with Crippen molar-refractivity contribution in [2.24, 2.45) is 28.3 Å². The molecule has 4 aliphatic heterocycles. The number of fused-ring (bicyclic) bond motifs is 5. The second kappa shape index (κ2) is 17.7. The average Bonchev–Trinajstić information content (AvgIpc) is 3.74. The first-order chi connectivity index (χ1) is 25.6. The van der Waals surface area contributed by atoms with Crippen LogP contribution in [0.4, 0.5) is 0 Å². The van der Waals surface area contributed by atoms with Crippen LogP contribution in [0.5, 0.6) is 11.5 Å². The van der Waals surface area contributed by atoms with Crippen LogP contribution >= 0.6 is 0 Å². The van der Waals surface area contributed by atoms with Gasteiger partial charge < -0.3 is 36.3 Å². The lowest BCUT2D eigenvalue weighted by molar-refractivity contribution is -0.889. The summed E-state index contributed by atoms with van der Waals surface area (Å²) in [7, 11) is 0. The lowest BCUT2D eigenvalue weighted by Crippen LogP contribution is -3.12. The molecule has 10 nitrogen and oxygen atoms in total. The van der Waals surface area contributed by atoms with E-state index in [-0.39, 0.29) is 18.6 Å². The smallest absolute Gasteiger partial charge is 0.251 e. The number of nitrogens with two attached hydrogens (primary N) is 2. The van der Waals surface area contributed by atoms with Gasteiger partial charge in [0.25, 0.3) is 6.23 Å². The predicted molar refractivity (Wildman–Crippen MR) is 203 cm³/mol. The molecule has 280 valence electrons. The number of carbonyl (C=O) groups is 1. The van der Waals surface area contributed by atoms with E-state index in [2.05, 4.69) is 37.0 Å². The Balaban J connectivity index is 1.26. The highest BCUT2D eigenvalue weighted by Crippen LogP contribution is 2.34. The number of rotatable bonds is 14. The van der Waals surface area contributed by atoms with Gasteiger partial charge in [0.2, 0.25) is 0 Å². The molecule has 0 fully saturated rings.